The van der Waals surface area contributed by atoms with Crippen LogP contribution in [0.25, 0.3) is 99.0 Å². The Kier molecular flexibility index (Phi) is 7.55. The highest BCUT2D eigenvalue weighted by Gasteiger charge is 2.15. The molecule has 53 heavy (non-hydrogen) atoms. The number of pyridine rings is 1. The van der Waals surface area contributed by atoms with Crippen molar-refractivity contribution in [1.82, 2.24) is 29.9 Å². The molecule has 0 aliphatic rings. The second-order valence-corrected chi connectivity index (χ2v) is 13.9. The maximum atomic E-state index is 5.08. The maximum Gasteiger partial charge on any atom is 0.164 e. The highest BCUT2D eigenvalue weighted by Crippen LogP contribution is 2.36. The smallest absolute Gasteiger partial charge is 0.164 e. The summed E-state index contributed by atoms with van der Waals surface area (Å²) in [5.41, 5.74) is 8.96. The number of aromatic nitrogens is 6. The van der Waals surface area contributed by atoms with Crippen LogP contribution in [0.15, 0.2) is 170 Å². The van der Waals surface area contributed by atoms with Crippen molar-refractivity contribution in [3.8, 4) is 67.8 Å². The van der Waals surface area contributed by atoms with Crippen LogP contribution >= 0.6 is 11.3 Å². The second-order valence-electron chi connectivity index (χ2n) is 12.8. The summed E-state index contributed by atoms with van der Waals surface area (Å²) >= 11 is 1.61. The fourth-order valence-electron chi connectivity index (χ4n) is 6.70. The highest BCUT2D eigenvalue weighted by molar-refractivity contribution is 7.25. The minimum atomic E-state index is 0.595. The lowest BCUT2D eigenvalue weighted by Crippen LogP contribution is -2.00. The van der Waals surface area contributed by atoms with E-state index in [-0.39, 0.29) is 0 Å². The van der Waals surface area contributed by atoms with E-state index in [1.54, 1.807) is 11.3 Å². The molecule has 0 aliphatic heterocycles. The van der Waals surface area contributed by atoms with Crippen LogP contribution < -0.4 is 0 Å². The molecule has 6 aromatic carbocycles. The van der Waals surface area contributed by atoms with Gasteiger partial charge in [-0.15, -0.1) is 11.3 Å². The normalized spacial score (nSPS) is 11.4. The first-order valence-corrected chi connectivity index (χ1v) is 18.2. The van der Waals surface area contributed by atoms with Crippen molar-refractivity contribution < 1.29 is 0 Å². The van der Waals surface area contributed by atoms with Crippen LogP contribution in [0.3, 0.4) is 0 Å². The van der Waals surface area contributed by atoms with E-state index < -0.39 is 0 Å². The number of rotatable bonds is 6. The number of nitrogens with zero attached hydrogens (tertiary/aromatic N) is 6. The quantitative estimate of drug-likeness (QED) is 0.172. The van der Waals surface area contributed by atoms with Crippen molar-refractivity contribution in [2.45, 2.75) is 0 Å². The van der Waals surface area contributed by atoms with Crippen LogP contribution in [0.4, 0.5) is 0 Å². The molecule has 0 amide bonds. The molecule has 0 bridgehead atoms. The van der Waals surface area contributed by atoms with Gasteiger partial charge in [-0.1, -0.05) is 140 Å². The van der Waals surface area contributed by atoms with Crippen molar-refractivity contribution in [3.63, 3.8) is 0 Å². The molecule has 0 unspecified atom stereocenters. The summed E-state index contributed by atoms with van der Waals surface area (Å²) in [6.07, 6.45) is 3.85. The highest BCUT2D eigenvalue weighted by atomic mass is 32.1. The Hall–Kier alpha value is -6.96. The molecule has 4 aromatic heterocycles. The average molecular weight is 697 g/mol. The number of benzene rings is 6. The maximum absolute atomic E-state index is 5.08. The van der Waals surface area contributed by atoms with Crippen LogP contribution in [0, 0.1) is 0 Å². The zero-order valence-electron chi connectivity index (χ0n) is 28.3. The van der Waals surface area contributed by atoms with Crippen LogP contribution in [0.5, 0.6) is 0 Å². The first-order chi connectivity index (χ1) is 26.2. The zero-order chi connectivity index (χ0) is 35.1. The first kappa shape index (κ1) is 30.8. The van der Waals surface area contributed by atoms with Gasteiger partial charge in [0.2, 0.25) is 0 Å². The van der Waals surface area contributed by atoms with Crippen LogP contribution in [-0.2, 0) is 0 Å². The van der Waals surface area contributed by atoms with Crippen LogP contribution in [-0.4, -0.2) is 29.9 Å². The molecule has 10 aromatic rings. The molecule has 0 N–H and O–H groups in total. The Morgan fingerprint density at radius 1 is 0.340 bits per heavy atom. The molecular weight excluding hydrogens is 669 g/mol. The van der Waals surface area contributed by atoms with Gasteiger partial charge in [0.05, 0.1) is 10.2 Å². The molecule has 0 saturated heterocycles. The third-order valence-electron chi connectivity index (χ3n) is 9.45. The molecular formula is C46H28N6S. The van der Waals surface area contributed by atoms with E-state index >= 15 is 0 Å². The molecule has 0 fully saturated rings. The van der Waals surface area contributed by atoms with Crippen LogP contribution in [0.2, 0.25) is 0 Å². The fourth-order valence-corrected chi connectivity index (χ4v) is 7.64. The molecule has 0 radical (unpaired) electrons. The van der Waals surface area contributed by atoms with Crippen LogP contribution in [0.1, 0.15) is 0 Å². The molecule has 248 valence electrons. The van der Waals surface area contributed by atoms with Gasteiger partial charge in [-0.05, 0) is 45.7 Å². The monoisotopic (exact) mass is 696 g/mol. The summed E-state index contributed by atoms with van der Waals surface area (Å²) in [6, 6.07) is 54.0. The Bertz CT molecular complexity index is 2940. The summed E-state index contributed by atoms with van der Waals surface area (Å²) in [5.74, 6) is 2.48. The molecule has 0 aliphatic carbocycles. The lowest BCUT2D eigenvalue weighted by atomic mass is 10.0. The summed E-state index contributed by atoms with van der Waals surface area (Å²) in [7, 11) is 0. The lowest BCUT2D eigenvalue weighted by Gasteiger charge is -2.10. The topological polar surface area (TPSA) is 77.3 Å². The Morgan fingerprint density at radius 2 is 0.906 bits per heavy atom. The number of hydrogen-bond donors (Lipinski definition) is 0. The predicted octanol–water partition coefficient (Wildman–Crippen LogP) is 11.6. The fraction of sp³-hybridized carbons (Fsp3) is 0. The molecule has 6 nitrogen and oxygen atoms in total. The zero-order valence-corrected chi connectivity index (χ0v) is 29.1. The van der Waals surface area contributed by atoms with E-state index in [9.17, 15) is 0 Å². The van der Waals surface area contributed by atoms with Crippen molar-refractivity contribution in [1.29, 1.82) is 0 Å². The van der Waals surface area contributed by atoms with Gasteiger partial charge < -0.3 is 0 Å². The minimum absolute atomic E-state index is 0.595. The Balaban J connectivity index is 1.01. The lowest BCUT2D eigenvalue weighted by molar-refractivity contribution is 1.07. The SMILES string of the molecule is c1ccc(-c2cccc(-c3nc(-c4ccccc4)nc(-c4ccc(-c5ncc6sc7ncc(-c8ccc9ccccc9c8)cc7c6n5)cc4)n3)c2)cc1. The van der Waals surface area contributed by atoms with Gasteiger partial charge in [0.15, 0.2) is 23.3 Å². The first-order valence-electron chi connectivity index (χ1n) is 17.3. The van der Waals surface area contributed by atoms with E-state index in [0.29, 0.717) is 23.3 Å². The number of thiophene rings is 1. The van der Waals surface area contributed by atoms with Gasteiger partial charge in [0, 0.05) is 45.6 Å². The van der Waals surface area contributed by atoms with Gasteiger partial charge in [-0.25, -0.2) is 29.9 Å². The molecule has 7 heteroatoms. The molecule has 0 saturated carbocycles. The van der Waals surface area contributed by atoms with E-state index in [4.69, 9.17) is 29.9 Å². The number of hydrogen-bond acceptors (Lipinski definition) is 7. The van der Waals surface area contributed by atoms with Gasteiger partial charge in [-0.3, -0.25) is 0 Å². The largest absolute Gasteiger partial charge is 0.245 e. The minimum Gasteiger partial charge on any atom is -0.245 e. The third kappa shape index (κ3) is 5.89. The van der Waals surface area contributed by atoms with E-state index in [0.717, 1.165) is 64.9 Å². The van der Waals surface area contributed by atoms with E-state index in [1.165, 1.54) is 10.8 Å². The molecule has 0 atom stereocenters. The van der Waals surface area contributed by atoms with Gasteiger partial charge >= 0.3 is 0 Å². The van der Waals surface area contributed by atoms with Crippen molar-refractivity contribution in [2.24, 2.45) is 0 Å². The molecule has 0 spiro atoms. The van der Waals surface area contributed by atoms with Gasteiger partial charge in [0.25, 0.3) is 0 Å². The van der Waals surface area contributed by atoms with E-state index in [2.05, 4.69) is 72.8 Å². The number of fused-ring (bicyclic) bond motifs is 4. The Labute approximate surface area is 309 Å². The third-order valence-corrected chi connectivity index (χ3v) is 10.5. The molecule has 4 heterocycles. The van der Waals surface area contributed by atoms with E-state index in [1.807, 2.05) is 97.3 Å². The molecule has 10 rings (SSSR count). The summed E-state index contributed by atoms with van der Waals surface area (Å²) in [4.78, 5) is 30.5. The van der Waals surface area contributed by atoms with Crippen molar-refractivity contribution >= 4 is 42.5 Å². The van der Waals surface area contributed by atoms with Gasteiger partial charge in [0.1, 0.15) is 4.83 Å². The van der Waals surface area contributed by atoms with Gasteiger partial charge in [-0.2, -0.15) is 0 Å². The van der Waals surface area contributed by atoms with Crippen molar-refractivity contribution in [2.75, 3.05) is 0 Å². The Morgan fingerprint density at radius 3 is 1.66 bits per heavy atom. The second kappa shape index (κ2) is 13.0. The average Bonchev–Trinajstić information content (AvgIpc) is 3.61. The summed E-state index contributed by atoms with van der Waals surface area (Å²) in [5, 5.41) is 3.45. The summed E-state index contributed by atoms with van der Waals surface area (Å²) in [6.45, 7) is 0. The predicted molar refractivity (Wildman–Crippen MR) is 216 cm³/mol. The summed E-state index contributed by atoms with van der Waals surface area (Å²) < 4.78 is 1.01. The standard InChI is InChI=1S/C46H28N6S/c1-3-10-29(11-4-1)35-16-9-17-37(25-35)45-51-43(31-13-5-2-6-14-31)50-44(52-45)33-21-19-32(20-22-33)42-47-28-40-41(49-42)39-26-38(27-48-46(39)53-40)36-23-18-30-12-7-8-15-34(30)24-36/h1-28H. The van der Waals surface area contributed by atoms with Crippen molar-refractivity contribution in [3.05, 3.63) is 170 Å².